The molecule has 8 heteroatoms. The molecule has 0 saturated carbocycles. The number of hydrogen-bond donors (Lipinski definition) is 4. The van der Waals surface area contributed by atoms with E-state index in [-0.39, 0.29) is 18.1 Å². The molecule has 1 rings (SSSR count). The molecule has 0 bridgehead atoms. The van der Waals surface area contributed by atoms with E-state index in [0.29, 0.717) is 12.4 Å². The molecule has 0 fully saturated rings. The van der Waals surface area contributed by atoms with E-state index in [0.717, 1.165) is 0 Å². The molecule has 1 aromatic heterocycles. The molecule has 0 aliphatic heterocycles. The van der Waals surface area contributed by atoms with Crippen molar-refractivity contribution in [2.75, 3.05) is 18.5 Å². The van der Waals surface area contributed by atoms with Crippen LogP contribution in [-0.4, -0.2) is 34.9 Å². The number of hydrogen-bond acceptors (Lipinski definition) is 6. The molecule has 1 aromatic rings. The maximum atomic E-state index is 11.5. The molecule has 0 radical (unpaired) electrons. The molecule has 17 heavy (non-hydrogen) atoms. The summed E-state index contributed by atoms with van der Waals surface area (Å²) < 4.78 is 0. The number of carbonyl (C=O) groups excluding carboxylic acids is 2. The third kappa shape index (κ3) is 4.03. The summed E-state index contributed by atoms with van der Waals surface area (Å²) >= 11 is 0. The predicted octanol–water partition coefficient (Wildman–Crippen LogP) is -1.37. The molecule has 92 valence electrons. The molecular formula is C9H14N6O2. The molecular weight excluding hydrogens is 224 g/mol. The Hall–Kier alpha value is -2.22. The number of carbonyl (C=O) groups is 2. The third-order valence-electron chi connectivity index (χ3n) is 1.82. The number of nitrogen functional groups attached to an aromatic ring is 1. The lowest BCUT2D eigenvalue weighted by Gasteiger charge is -2.04. The van der Waals surface area contributed by atoms with Crippen LogP contribution in [0.2, 0.25) is 0 Å². The monoisotopic (exact) mass is 238 g/mol. The van der Waals surface area contributed by atoms with Gasteiger partial charge < -0.3 is 16.1 Å². The van der Waals surface area contributed by atoms with Crippen LogP contribution in [0.15, 0.2) is 12.4 Å². The smallest absolute Gasteiger partial charge is 0.271 e. The number of nitrogens with one attached hydrogen (secondary N) is 3. The molecule has 0 unspecified atom stereocenters. The van der Waals surface area contributed by atoms with Gasteiger partial charge in [0.2, 0.25) is 5.91 Å². The van der Waals surface area contributed by atoms with Crippen molar-refractivity contribution in [1.29, 1.82) is 0 Å². The number of rotatable bonds is 5. The number of nitrogens with two attached hydrogens (primary N) is 1. The summed E-state index contributed by atoms with van der Waals surface area (Å²) in [6.07, 6.45) is 2.59. The summed E-state index contributed by atoms with van der Waals surface area (Å²) in [7, 11) is 0. The van der Waals surface area contributed by atoms with Crippen molar-refractivity contribution in [1.82, 2.24) is 20.6 Å². The Balaban J connectivity index is 2.49. The maximum absolute atomic E-state index is 11.5. The van der Waals surface area contributed by atoms with E-state index in [1.54, 1.807) is 6.92 Å². The molecule has 0 aliphatic carbocycles. The Bertz CT molecular complexity index is 391. The van der Waals surface area contributed by atoms with Gasteiger partial charge in [-0.15, -0.1) is 0 Å². The molecule has 1 heterocycles. The fraction of sp³-hybridized carbons (Fsp3) is 0.333. The molecule has 5 N–H and O–H groups in total. The highest BCUT2D eigenvalue weighted by molar-refractivity contribution is 5.94. The Labute approximate surface area is 98.0 Å². The van der Waals surface area contributed by atoms with Crippen LogP contribution in [0.5, 0.6) is 0 Å². The van der Waals surface area contributed by atoms with Gasteiger partial charge >= 0.3 is 0 Å². The number of likely N-dealkylation sites (N-methyl/N-ethyl adjacent to an activating group) is 1. The van der Waals surface area contributed by atoms with Crippen LogP contribution in [0.1, 0.15) is 17.4 Å². The molecule has 0 aromatic carbocycles. The second-order valence-electron chi connectivity index (χ2n) is 3.07. The summed E-state index contributed by atoms with van der Waals surface area (Å²) in [6.45, 7) is 2.22. The average molecular weight is 238 g/mol. The summed E-state index contributed by atoms with van der Waals surface area (Å²) in [6, 6.07) is 0. The van der Waals surface area contributed by atoms with E-state index in [9.17, 15) is 9.59 Å². The number of hydrazine groups is 1. The van der Waals surface area contributed by atoms with E-state index in [2.05, 4.69) is 26.0 Å². The minimum atomic E-state index is -0.465. The van der Waals surface area contributed by atoms with Crippen LogP contribution >= 0.6 is 0 Å². The van der Waals surface area contributed by atoms with Gasteiger partial charge in [-0.2, -0.15) is 0 Å². The molecule has 0 saturated heterocycles. The number of aromatic nitrogens is 2. The van der Waals surface area contributed by atoms with Crippen molar-refractivity contribution in [3.63, 3.8) is 0 Å². The minimum absolute atomic E-state index is 0.0920. The van der Waals surface area contributed by atoms with Gasteiger partial charge in [-0.05, 0) is 6.92 Å². The second-order valence-corrected chi connectivity index (χ2v) is 3.07. The van der Waals surface area contributed by atoms with Crippen molar-refractivity contribution in [3.8, 4) is 0 Å². The number of nitrogens with zero attached hydrogens (tertiary/aromatic N) is 2. The first kappa shape index (κ1) is 12.8. The van der Waals surface area contributed by atoms with Crippen LogP contribution in [0, 0.1) is 0 Å². The maximum Gasteiger partial charge on any atom is 0.271 e. The van der Waals surface area contributed by atoms with E-state index in [1.807, 2.05) is 0 Å². The van der Waals surface area contributed by atoms with E-state index in [4.69, 9.17) is 5.84 Å². The predicted molar refractivity (Wildman–Crippen MR) is 60.9 cm³/mol. The van der Waals surface area contributed by atoms with Crippen LogP contribution in [0.25, 0.3) is 0 Å². The van der Waals surface area contributed by atoms with E-state index < -0.39 is 5.91 Å². The van der Waals surface area contributed by atoms with Gasteiger partial charge in [0.25, 0.3) is 5.91 Å². The Morgan fingerprint density at radius 1 is 1.29 bits per heavy atom. The first-order valence-corrected chi connectivity index (χ1v) is 5.01. The molecule has 0 spiro atoms. The minimum Gasteiger partial charge on any atom is -0.355 e. The van der Waals surface area contributed by atoms with Gasteiger partial charge in [0.15, 0.2) is 5.82 Å². The van der Waals surface area contributed by atoms with Crippen LogP contribution in [-0.2, 0) is 4.79 Å². The van der Waals surface area contributed by atoms with Crippen molar-refractivity contribution in [3.05, 3.63) is 18.1 Å². The second kappa shape index (κ2) is 6.38. The summed E-state index contributed by atoms with van der Waals surface area (Å²) in [5.74, 6) is 4.73. The van der Waals surface area contributed by atoms with Crippen molar-refractivity contribution in [2.45, 2.75) is 6.92 Å². The van der Waals surface area contributed by atoms with Crippen LogP contribution in [0.3, 0.4) is 0 Å². The quantitative estimate of drug-likeness (QED) is 0.371. The van der Waals surface area contributed by atoms with Gasteiger partial charge in [0, 0.05) is 6.54 Å². The molecule has 0 atom stereocenters. The molecule has 8 nitrogen and oxygen atoms in total. The average Bonchev–Trinajstić information content (AvgIpc) is 2.36. The molecule has 0 aliphatic rings. The fourth-order valence-electron chi connectivity index (χ4n) is 1.03. The van der Waals surface area contributed by atoms with Crippen molar-refractivity contribution in [2.24, 2.45) is 5.84 Å². The van der Waals surface area contributed by atoms with Crippen molar-refractivity contribution >= 4 is 17.6 Å². The lowest BCUT2D eigenvalue weighted by molar-refractivity contribution is -0.120. The van der Waals surface area contributed by atoms with E-state index >= 15 is 0 Å². The van der Waals surface area contributed by atoms with Crippen molar-refractivity contribution < 1.29 is 9.59 Å². The highest BCUT2D eigenvalue weighted by Crippen LogP contribution is 1.98. The van der Waals surface area contributed by atoms with Gasteiger partial charge in [-0.3, -0.25) is 9.59 Å². The Morgan fingerprint density at radius 2 is 2.06 bits per heavy atom. The zero-order valence-corrected chi connectivity index (χ0v) is 9.36. The Kier molecular flexibility index (Phi) is 4.82. The zero-order valence-electron chi connectivity index (χ0n) is 9.36. The Morgan fingerprint density at radius 3 is 2.59 bits per heavy atom. The first-order valence-electron chi connectivity index (χ1n) is 5.01. The normalized spacial score (nSPS) is 9.53. The first-order chi connectivity index (χ1) is 8.17. The van der Waals surface area contributed by atoms with Gasteiger partial charge in [-0.1, -0.05) is 0 Å². The summed E-state index contributed by atoms with van der Waals surface area (Å²) in [4.78, 5) is 30.2. The molecule has 2 amide bonds. The SMILES string of the molecule is CCNC(=O)CNC(=O)c1cnc(NN)cn1. The van der Waals surface area contributed by atoms with Gasteiger partial charge in [0.1, 0.15) is 5.69 Å². The third-order valence-corrected chi connectivity index (χ3v) is 1.82. The highest BCUT2D eigenvalue weighted by atomic mass is 16.2. The largest absolute Gasteiger partial charge is 0.355 e. The lowest BCUT2D eigenvalue weighted by Crippen LogP contribution is -2.37. The lowest BCUT2D eigenvalue weighted by atomic mass is 10.4. The summed E-state index contributed by atoms with van der Waals surface area (Å²) in [5.41, 5.74) is 2.41. The van der Waals surface area contributed by atoms with Gasteiger partial charge in [0.05, 0.1) is 18.9 Å². The van der Waals surface area contributed by atoms with Gasteiger partial charge in [-0.25, -0.2) is 15.8 Å². The number of amides is 2. The van der Waals surface area contributed by atoms with Crippen LogP contribution in [0.4, 0.5) is 5.82 Å². The fourth-order valence-corrected chi connectivity index (χ4v) is 1.03. The van der Waals surface area contributed by atoms with Crippen LogP contribution < -0.4 is 21.9 Å². The zero-order chi connectivity index (χ0) is 12.7. The topological polar surface area (TPSA) is 122 Å². The summed E-state index contributed by atoms with van der Waals surface area (Å²) in [5, 5.41) is 4.97. The number of anilines is 1. The van der Waals surface area contributed by atoms with E-state index in [1.165, 1.54) is 12.4 Å². The highest BCUT2D eigenvalue weighted by Gasteiger charge is 2.09. The standard InChI is InChI=1S/C9H14N6O2/c1-2-11-8(16)5-14-9(17)6-3-13-7(15-10)4-12-6/h3-4H,2,5,10H2,1H3,(H,11,16)(H,13,15)(H,14,17).